The molecule has 0 saturated heterocycles. The van der Waals surface area contributed by atoms with Crippen molar-refractivity contribution >= 4 is 52.6 Å². The van der Waals surface area contributed by atoms with Gasteiger partial charge >= 0.3 is 0 Å². The van der Waals surface area contributed by atoms with E-state index < -0.39 is 6.04 Å². The first-order valence-electron chi connectivity index (χ1n) is 13.4. The van der Waals surface area contributed by atoms with Gasteiger partial charge in [0.2, 0.25) is 17.7 Å². The minimum atomic E-state index is -0.711. The number of carbonyl (C=O) groups excluding carboxylic acids is 3. The third-order valence-electron chi connectivity index (χ3n) is 6.66. The van der Waals surface area contributed by atoms with Gasteiger partial charge in [-0.3, -0.25) is 14.4 Å². The molecule has 208 valence electrons. The monoisotopic (exact) mass is 557 g/mol. The van der Waals surface area contributed by atoms with Gasteiger partial charge < -0.3 is 26.7 Å². The summed E-state index contributed by atoms with van der Waals surface area (Å²) in [5.41, 5.74) is 11.5. The molecule has 6 N–H and O–H groups in total. The summed E-state index contributed by atoms with van der Waals surface area (Å²) in [5, 5.41) is 9.75. The van der Waals surface area contributed by atoms with Crippen molar-refractivity contribution in [1.29, 1.82) is 0 Å². The number of anilines is 2. The highest BCUT2D eigenvalue weighted by Gasteiger charge is 2.18. The number of hydrogen-bond donors (Lipinski definition) is 6. The van der Waals surface area contributed by atoms with Crippen molar-refractivity contribution in [3.05, 3.63) is 84.6 Å². The summed E-state index contributed by atoms with van der Waals surface area (Å²) in [5.74, 6) is -0.212. The van der Waals surface area contributed by atoms with Crippen molar-refractivity contribution in [3.8, 4) is 11.1 Å². The number of nitrogens with one attached hydrogen (secondary N) is 4. The van der Waals surface area contributed by atoms with Gasteiger partial charge in [0.05, 0.1) is 11.8 Å². The van der Waals surface area contributed by atoms with E-state index >= 15 is 0 Å². The number of unbranched alkanes of at least 4 members (excludes halogenated alkanes) is 2. The minimum Gasteiger partial charge on any atom is -0.361 e. The highest BCUT2D eigenvalue weighted by Crippen LogP contribution is 2.29. The van der Waals surface area contributed by atoms with Crippen molar-refractivity contribution in [2.75, 3.05) is 22.9 Å². The number of aromatic amines is 1. The number of amides is 3. The van der Waals surface area contributed by atoms with E-state index in [0.29, 0.717) is 30.8 Å². The molecule has 8 nitrogen and oxygen atoms in total. The van der Waals surface area contributed by atoms with Crippen LogP contribution in [0.5, 0.6) is 0 Å². The molecule has 3 aromatic carbocycles. The van der Waals surface area contributed by atoms with Gasteiger partial charge in [-0.1, -0.05) is 55.0 Å². The predicted molar refractivity (Wildman–Crippen MR) is 164 cm³/mol. The van der Waals surface area contributed by atoms with Crippen LogP contribution in [0.3, 0.4) is 0 Å². The van der Waals surface area contributed by atoms with Crippen LogP contribution in [0, 0.1) is 0 Å². The lowest BCUT2D eigenvalue weighted by Gasteiger charge is -2.15. The molecule has 0 aliphatic carbocycles. The highest BCUT2D eigenvalue weighted by molar-refractivity contribution is 7.81. The van der Waals surface area contributed by atoms with E-state index in [1.165, 1.54) is 0 Å². The van der Waals surface area contributed by atoms with Crippen molar-refractivity contribution < 1.29 is 14.4 Å². The molecule has 0 aliphatic rings. The van der Waals surface area contributed by atoms with E-state index in [1.54, 1.807) is 0 Å². The number of fused-ring (bicyclic) bond motifs is 1. The molecule has 1 atom stereocenters. The van der Waals surface area contributed by atoms with Gasteiger partial charge in [-0.15, -0.1) is 0 Å². The maximum absolute atomic E-state index is 13.0. The molecule has 0 aliphatic heterocycles. The Hall–Kier alpha value is -4.08. The van der Waals surface area contributed by atoms with Crippen LogP contribution < -0.4 is 21.7 Å². The fourth-order valence-electron chi connectivity index (χ4n) is 4.53. The van der Waals surface area contributed by atoms with Gasteiger partial charge in [0, 0.05) is 47.0 Å². The molecule has 0 unspecified atom stereocenters. The molecule has 4 aromatic rings. The Balaban J connectivity index is 1.30. The molecule has 0 fully saturated rings. The van der Waals surface area contributed by atoms with E-state index in [9.17, 15) is 14.4 Å². The average molecular weight is 558 g/mol. The third kappa shape index (κ3) is 7.97. The van der Waals surface area contributed by atoms with E-state index in [-0.39, 0.29) is 23.5 Å². The first kappa shape index (κ1) is 28.9. The molecular weight excluding hydrogens is 522 g/mol. The summed E-state index contributed by atoms with van der Waals surface area (Å²) in [4.78, 5) is 39.7. The number of H-pyrrole nitrogens is 1. The quantitative estimate of drug-likeness (QED) is 0.103. The Morgan fingerprint density at radius 1 is 0.850 bits per heavy atom. The average Bonchev–Trinajstić information content (AvgIpc) is 3.38. The summed E-state index contributed by atoms with van der Waals surface area (Å²) < 4.78 is 0. The summed E-state index contributed by atoms with van der Waals surface area (Å²) in [6.07, 6.45) is 5.16. The van der Waals surface area contributed by atoms with E-state index in [2.05, 4.69) is 33.6 Å². The molecule has 0 bridgehead atoms. The molecule has 9 heteroatoms. The zero-order valence-electron chi connectivity index (χ0n) is 22.3. The number of hydrogen-bond acceptors (Lipinski definition) is 5. The fourth-order valence-corrected chi connectivity index (χ4v) is 4.64. The predicted octanol–water partition coefficient (Wildman–Crippen LogP) is 4.89. The normalized spacial score (nSPS) is 11.7. The van der Waals surface area contributed by atoms with Crippen LogP contribution >= 0.6 is 12.6 Å². The summed E-state index contributed by atoms with van der Waals surface area (Å²) in [6.45, 7) is 0.598. The first-order valence-corrected chi connectivity index (χ1v) is 14.1. The lowest BCUT2D eigenvalue weighted by molar-refractivity contribution is -0.119. The van der Waals surface area contributed by atoms with Crippen molar-refractivity contribution in [1.82, 2.24) is 10.3 Å². The number of rotatable bonds is 13. The van der Waals surface area contributed by atoms with E-state index in [0.717, 1.165) is 46.9 Å². The van der Waals surface area contributed by atoms with Gasteiger partial charge in [0.1, 0.15) is 0 Å². The van der Waals surface area contributed by atoms with Crippen molar-refractivity contribution in [2.24, 2.45) is 5.73 Å². The number of benzene rings is 3. The third-order valence-corrected chi connectivity index (χ3v) is 6.95. The topological polar surface area (TPSA) is 129 Å². The van der Waals surface area contributed by atoms with Crippen LogP contribution in [0.25, 0.3) is 22.0 Å². The molecule has 0 saturated carbocycles. The Labute approximate surface area is 239 Å². The molecule has 0 spiro atoms. The Kier molecular flexibility index (Phi) is 10.4. The summed E-state index contributed by atoms with van der Waals surface area (Å²) in [6, 6.07) is 22.3. The smallest absolute Gasteiger partial charge is 0.241 e. The van der Waals surface area contributed by atoms with Crippen LogP contribution in [-0.2, 0) is 20.8 Å². The number of aromatic nitrogens is 1. The van der Waals surface area contributed by atoms with Gasteiger partial charge in [-0.25, -0.2) is 0 Å². The fraction of sp³-hybridized carbons (Fsp3) is 0.258. The Morgan fingerprint density at radius 2 is 1.60 bits per heavy atom. The zero-order valence-corrected chi connectivity index (χ0v) is 23.2. The molecule has 3 amide bonds. The Morgan fingerprint density at radius 3 is 2.40 bits per heavy atom. The van der Waals surface area contributed by atoms with Gasteiger partial charge in [0.15, 0.2) is 0 Å². The summed E-state index contributed by atoms with van der Waals surface area (Å²) >= 11 is 3.92. The highest BCUT2D eigenvalue weighted by atomic mass is 32.1. The standard InChI is InChI=1S/C31H35N5O3S/c32-26(18-22-19-34-27-10-5-3-9-25(22)27)31(39)36-28-11-6-4-8-24(28)21-13-15-23(16-14-21)35-29(37)12-2-1-7-17-33-30(38)20-40/h3-6,8-11,13-16,19,26,34,40H,1-2,7,12,17-18,20,32H2,(H,33,38)(H,35,37)(H,36,39)/t26-/m0/s1. The maximum Gasteiger partial charge on any atom is 0.241 e. The Bertz CT molecular complexity index is 1450. The van der Waals surface area contributed by atoms with Crippen molar-refractivity contribution in [3.63, 3.8) is 0 Å². The molecule has 4 rings (SSSR count). The van der Waals surface area contributed by atoms with Crippen LogP contribution in [0.2, 0.25) is 0 Å². The van der Waals surface area contributed by atoms with Crippen LogP contribution in [0.4, 0.5) is 11.4 Å². The number of nitrogens with two attached hydrogens (primary N) is 1. The van der Waals surface area contributed by atoms with Gasteiger partial charge in [0.25, 0.3) is 0 Å². The largest absolute Gasteiger partial charge is 0.361 e. The lowest BCUT2D eigenvalue weighted by Crippen LogP contribution is -2.37. The second-order valence-electron chi connectivity index (χ2n) is 9.65. The number of para-hydroxylation sites is 2. The maximum atomic E-state index is 13.0. The van der Waals surface area contributed by atoms with E-state index in [1.807, 2.05) is 79.0 Å². The lowest BCUT2D eigenvalue weighted by atomic mass is 10.0. The molecule has 1 heterocycles. The van der Waals surface area contributed by atoms with Crippen molar-refractivity contribution in [2.45, 2.75) is 38.1 Å². The molecule has 1 aromatic heterocycles. The number of thiol groups is 1. The molecular formula is C31H35N5O3S. The summed E-state index contributed by atoms with van der Waals surface area (Å²) in [7, 11) is 0. The molecule has 0 radical (unpaired) electrons. The zero-order chi connectivity index (χ0) is 28.3. The van der Waals surface area contributed by atoms with Crippen LogP contribution in [0.1, 0.15) is 31.2 Å². The minimum absolute atomic E-state index is 0.0519. The van der Waals surface area contributed by atoms with Gasteiger partial charge in [-0.05, 0) is 54.7 Å². The van der Waals surface area contributed by atoms with E-state index in [4.69, 9.17) is 5.73 Å². The number of carbonyl (C=O) groups is 3. The van der Waals surface area contributed by atoms with Crippen LogP contribution in [0.15, 0.2) is 79.0 Å². The van der Waals surface area contributed by atoms with Gasteiger partial charge in [-0.2, -0.15) is 12.6 Å². The SMILES string of the molecule is N[C@@H](Cc1c[nH]c2ccccc12)C(=O)Nc1ccccc1-c1ccc(NC(=O)CCCCCNC(=O)CS)cc1. The molecule has 40 heavy (non-hydrogen) atoms. The first-order chi connectivity index (χ1) is 19.4. The van der Waals surface area contributed by atoms with Crippen LogP contribution in [-0.4, -0.2) is 41.0 Å². The second kappa shape index (κ2) is 14.3. The second-order valence-corrected chi connectivity index (χ2v) is 9.97.